The van der Waals surface area contributed by atoms with Gasteiger partial charge in [-0.15, -0.1) is 0 Å². The molecule has 4 heteroatoms. The average Bonchev–Trinajstić information content (AvgIpc) is 2.15. The van der Waals surface area contributed by atoms with Gasteiger partial charge in [0.1, 0.15) is 0 Å². The summed E-state index contributed by atoms with van der Waals surface area (Å²) in [6.07, 6.45) is 0. The zero-order chi connectivity index (χ0) is 11.6. The van der Waals surface area contributed by atoms with Gasteiger partial charge in [0.05, 0.1) is 5.60 Å². The highest BCUT2D eigenvalue weighted by molar-refractivity contribution is 5.90. The number of hydrogen-bond donors (Lipinski definition) is 2. The van der Waals surface area contributed by atoms with Crippen molar-refractivity contribution < 1.29 is 9.90 Å². The van der Waals surface area contributed by atoms with Gasteiger partial charge in [0.15, 0.2) is 0 Å². The van der Waals surface area contributed by atoms with Crippen LogP contribution < -0.4 is 10.6 Å². The van der Waals surface area contributed by atoms with Crippen LogP contribution in [-0.2, 0) is 5.60 Å². The number of nitrogens with zero attached hydrogens (tertiary/aromatic N) is 1. The summed E-state index contributed by atoms with van der Waals surface area (Å²) in [5, 5.41) is 9.80. The van der Waals surface area contributed by atoms with Gasteiger partial charge in [-0.1, -0.05) is 12.1 Å². The first kappa shape index (κ1) is 11.5. The number of aliphatic hydroxyl groups is 1. The number of nitrogens with two attached hydrogens (primary N) is 1. The van der Waals surface area contributed by atoms with Gasteiger partial charge in [-0.2, -0.15) is 0 Å². The van der Waals surface area contributed by atoms with E-state index in [4.69, 9.17) is 5.73 Å². The summed E-state index contributed by atoms with van der Waals surface area (Å²) >= 11 is 0. The molecule has 3 N–H and O–H groups in total. The lowest BCUT2D eigenvalue weighted by molar-refractivity contribution is 0.0786. The first-order valence-electron chi connectivity index (χ1n) is 4.68. The van der Waals surface area contributed by atoms with Crippen LogP contribution in [0.4, 0.5) is 10.5 Å². The molecule has 15 heavy (non-hydrogen) atoms. The zero-order valence-electron chi connectivity index (χ0n) is 9.19. The van der Waals surface area contributed by atoms with E-state index in [1.54, 1.807) is 45.2 Å². The molecule has 0 saturated heterocycles. The Morgan fingerprint density at radius 3 is 2.53 bits per heavy atom. The van der Waals surface area contributed by atoms with Gasteiger partial charge in [-0.25, -0.2) is 4.79 Å². The maximum absolute atomic E-state index is 10.9. The average molecular weight is 208 g/mol. The summed E-state index contributed by atoms with van der Waals surface area (Å²) in [4.78, 5) is 12.3. The van der Waals surface area contributed by atoms with Crippen LogP contribution in [0.1, 0.15) is 19.4 Å². The molecule has 0 fully saturated rings. The Bertz CT molecular complexity index is 369. The van der Waals surface area contributed by atoms with Crippen molar-refractivity contribution in [2.24, 2.45) is 5.73 Å². The normalized spacial score (nSPS) is 11.2. The molecular formula is C11H16N2O2. The van der Waals surface area contributed by atoms with E-state index in [9.17, 15) is 9.90 Å². The predicted octanol–water partition coefficient (Wildman–Crippen LogP) is 1.43. The topological polar surface area (TPSA) is 66.6 Å². The minimum atomic E-state index is -0.922. The number of urea groups is 1. The molecule has 0 atom stereocenters. The van der Waals surface area contributed by atoms with Crippen molar-refractivity contribution >= 4 is 11.7 Å². The van der Waals surface area contributed by atoms with E-state index in [1.807, 2.05) is 0 Å². The summed E-state index contributed by atoms with van der Waals surface area (Å²) in [5.74, 6) is 0. The van der Waals surface area contributed by atoms with Crippen molar-refractivity contribution in [2.75, 3.05) is 11.9 Å². The second kappa shape index (κ2) is 3.90. The van der Waals surface area contributed by atoms with E-state index in [0.29, 0.717) is 5.69 Å². The smallest absolute Gasteiger partial charge is 0.318 e. The summed E-state index contributed by atoms with van der Waals surface area (Å²) in [6.45, 7) is 3.38. The number of benzene rings is 1. The summed E-state index contributed by atoms with van der Waals surface area (Å²) in [5.41, 5.74) is 5.64. The van der Waals surface area contributed by atoms with Gasteiger partial charge in [0.2, 0.25) is 0 Å². The Morgan fingerprint density at radius 2 is 2.07 bits per heavy atom. The van der Waals surface area contributed by atoms with E-state index < -0.39 is 11.6 Å². The highest BCUT2D eigenvalue weighted by atomic mass is 16.3. The van der Waals surface area contributed by atoms with Crippen LogP contribution in [-0.4, -0.2) is 18.2 Å². The van der Waals surface area contributed by atoms with E-state index in [-0.39, 0.29) is 0 Å². The lowest BCUT2D eigenvalue weighted by Crippen LogP contribution is -2.32. The minimum absolute atomic E-state index is 0.525. The van der Waals surface area contributed by atoms with Gasteiger partial charge in [-0.05, 0) is 31.5 Å². The SMILES string of the molecule is CN(C(N)=O)c1cccc(C(C)(C)O)c1. The Hall–Kier alpha value is -1.55. The number of amides is 2. The Labute approximate surface area is 89.3 Å². The molecule has 0 unspecified atom stereocenters. The predicted molar refractivity (Wildman–Crippen MR) is 59.7 cm³/mol. The number of rotatable bonds is 2. The number of primary amides is 1. The Kier molecular flexibility index (Phi) is 3.00. The molecule has 0 aliphatic rings. The van der Waals surface area contributed by atoms with Crippen molar-refractivity contribution in [2.45, 2.75) is 19.4 Å². The third-order valence-corrected chi connectivity index (χ3v) is 2.27. The van der Waals surface area contributed by atoms with Gasteiger partial charge in [0.25, 0.3) is 0 Å². The van der Waals surface area contributed by atoms with Gasteiger partial charge in [0, 0.05) is 12.7 Å². The molecule has 1 aromatic carbocycles. The standard InChI is InChI=1S/C11H16N2O2/c1-11(2,15)8-5-4-6-9(7-8)13(3)10(12)14/h4-7,15H,1-3H3,(H2,12,14). The molecule has 2 amide bonds. The molecule has 82 valence electrons. The van der Waals surface area contributed by atoms with Gasteiger partial charge in [-0.3, -0.25) is 4.90 Å². The Balaban J connectivity index is 3.08. The van der Waals surface area contributed by atoms with E-state index in [0.717, 1.165) is 5.56 Å². The van der Waals surface area contributed by atoms with Crippen molar-refractivity contribution in [3.05, 3.63) is 29.8 Å². The quantitative estimate of drug-likeness (QED) is 0.772. The highest BCUT2D eigenvalue weighted by Gasteiger charge is 2.17. The molecule has 0 aromatic heterocycles. The fraction of sp³-hybridized carbons (Fsp3) is 0.364. The fourth-order valence-corrected chi connectivity index (χ4v) is 1.22. The van der Waals surface area contributed by atoms with Crippen LogP contribution in [0, 0.1) is 0 Å². The van der Waals surface area contributed by atoms with Crippen LogP contribution in [0.5, 0.6) is 0 Å². The van der Waals surface area contributed by atoms with Crippen molar-refractivity contribution in [3.63, 3.8) is 0 Å². The number of anilines is 1. The number of carbonyl (C=O) groups excluding carboxylic acids is 1. The highest BCUT2D eigenvalue weighted by Crippen LogP contribution is 2.23. The molecule has 1 aromatic rings. The van der Waals surface area contributed by atoms with Gasteiger partial charge >= 0.3 is 6.03 Å². The molecule has 0 bridgehead atoms. The summed E-state index contributed by atoms with van der Waals surface area (Å²) in [6, 6.07) is 6.56. The third kappa shape index (κ3) is 2.70. The maximum atomic E-state index is 10.9. The maximum Gasteiger partial charge on any atom is 0.318 e. The van der Waals surface area contributed by atoms with E-state index in [2.05, 4.69) is 0 Å². The number of carbonyl (C=O) groups is 1. The molecule has 0 spiro atoms. The van der Waals surface area contributed by atoms with Crippen molar-refractivity contribution in [3.8, 4) is 0 Å². The first-order chi connectivity index (χ1) is 6.82. The first-order valence-corrected chi connectivity index (χ1v) is 4.68. The van der Waals surface area contributed by atoms with Crippen LogP contribution >= 0.6 is 0 Å². The second-order valence-corrected chi connectivity index (χ2v) is 4.01. The number of hydrogen-bond acceptors (Lipinski definition) is 2. The molecule has 0 aliphatic heterocycles. The van der Waals surface area contributed by atoms with Crippen molar-refractivity contribution in [1.29, 1.82) is 0 Å². The van der Waals surface area contributed by atoms with Gasteiger partial charge < -0.3 is 10.8 Å². The summed E-state index contributed by atoms with van der Waals surface area (Å²) in [7, 11) is 1.59. The summed E-state index contributed by atoms with van der Waals surface area (Å²) < 4.78 is 0. The zero-order valence-corrected chi connectivity index (χ0v) is 9.19. The van der Waals surface area contributed by atoms with Crippen LogP contribution in [0.25, 0.3) is 0 Å². The van der Waals surface area contributed by atoms with Crippen LogP contribution in [0.2, 0.25) is 0 Å². The Morgan fingerprint density at radius 1 is 1.47 bits per heavy atom. The molecular weight excluding hydrogens is 192 g/mol. The molecule has 0 aliphatic carbocycles. The van der Waals surface area contributed by atoms with Crippen LogP contribution in [0.15, 0.2) is 24.3 Å². The van der Waals surface area contributed by atoms with E-state index >= 15 is 0 Å². The molecule has 0 radical (unpaired) electrons. The van der Waals surface area contributed by atoms with E-state index in [1.165, 1.54) is 4.90 Å². The van der Waals surface area contributed by atoms with Crippen LogP contribution in [0.3, 0.4) is 0 Å². The monoisotopic (exact) mass is 208 g/mol. The largest absolute Gasteiger partial charge is 0.386 e. The lowest BCUT2D eigenvalue weighted by Gasteiger charge is -2.21. The molecule has 0 heterocycles. The fourth-order valence-electron chi connectivity index (χ4n) is 1.22. The molecule has 4 nitrogen and oxygen atoms in total. The second-order valence-electron chi connectivity index (χ2n) is 4.01. The third-order valence-electron chi connectivity index (χ3n) is 2.27. The van der Waals surface area contributed by atoms with Crippen molar-refractivity contribution in [1.82, 2.24) is 0 Å². The molecule has 0 saturated carbocycles. The molecule has 1 rings (SSSR count). The minimum Gasteiger partial charge on any atom is -0.386 e. The lowest BCUT2D eigenvalue weighted by atomic mass is 9.98.